The van der Waals surface area contributed by atoms with Gasteiger partial charge in [0, 0.05) is 38.4 Å². The van der Waals surface area contributed by atoms with E-state index in [0.717, 1.165) is 11.8 Å². The third-order valence-corrected chi connectivity index (χ3v) is 7.26. The Morgan fingerprint density at radius 3 is 2.87 bits per heavy atom. The molecule has 10 nitrogen and oxygen atoms in total. The van der Waals surface area contributed by atoms with Crippen molar-refractivity contribution in [3.05, 3.63) is 33.1 Å². The first-order valence-electron chi connectivity index (χ1n) is 9.60. The molecule has 1 unspecified atom stereocenters. The van der Waals surface area contributed by atoms with Crippen LogP contribution in [0.3, 0.4) is 0 Å². The fourth-order valence-electron chi connectivity index (χ4n) is 3.41. The normalized spacial score (nSPS) is 18.7. The van der Waals surface area contributed by atoms with Gasteiger partial charge in [-0.15, -0.1) is 0 Å². The van der Waals surface area contributed by atoms with Crippen LogP contribution in [0.15, 0.2) is 23.2 Å². The summed E-state index contributed by atoms with van der Waals surface area (Å²) in [5.74, 6) is -0.886. The Labute approximate surface area is 178 Å². The quantitative estimate of drug-likeness (QED) is 0.355. The average Bonchev–Trinajstić information content (AvgIpc) is 3.04. The molecule has 1 amide bonds. The molecule has 0 radical (unpaired) electrons. The summed E-state index contributed by atoms with van der Waals surface area (Å²) in [5.41, 5.74) is 0.702. The lowest BCUT2D eigenvalue weighted by molar-refractivity contribution is -0.384. The summed E-state index contributed by atoms with van der Waals surface area (Å²) in [6, 6.07) is 4.53. The van der Waals surface area contributed by atoms with Gasteiger partial charge in [0.1, 0.15) is 0 Å². The lowest BCUT2D eigenvalue weighted by Crippen LogP contribution is -2.41. The Morgan fingerprint density at radius 2 is 2.20 bits per heavy atom. The number of piperidine rings is 1. The highest BCUT2D eigenvalue weighted by Gasteiger charge is 2.30. The third-order valence-electron chi connectivity index (χ3n) is 4.95. The summed E-state index contributed by atoms with van der Waals surface area (Å²) in [5, 5.41) is 11.1. The topological polar surface area (TPSA) is 124 Å². The molecule has 2 aromatic rings. The van der Waals surface area contributed by atoms with Gasteiger partial charge in [0.2, 0.25) is 10.0 Å². The van der Waals surface area contributed by atoms with E-state index in [-0.39, 0.29) is 18.1 Å². The number of aromatic nitrogens is 1. The van der Waals surface area contributed by atoms with Crippen molar-refractivity contribution < 1.29 is 22.9 Å². The highest BCUT2D eigenvalue weighted by molar-refractivity contribution is 7.88. The fraction of sp³-hybridized carbons (Fsp3) is 0.556. The van der Waals surface area contributed by atoms with Crippen LogP contribution in [0, 0.1) is 16.0 Å². The molecule has 164 valence electrons. The zero-order valence-electron chi connectivity index (χ0n) is 16.8. The number of rotatable bonds is 7. The monoisotopic (exact) mass is 456 g/mol. The van der Waals surface area contributed by atoms with Crippen molar-refractivity contribution in [1.29, 1.82) is 0 Å². The molecule has 3 rings (SSSR count). The molecule has 1 aliphatic rings. The molecule has 1 aromatic carbocycles. The van der Waals surface area contributed by atoms with Crippen molar-refractivity contribution in [3.63, 3.8) is 0 Å². The molecule has 1 aliphatic heterocycles. The van der Waals surface area contributed by atoms with E-state index in [1.54, 1.807) is 6.07 Å². The molecule has 1 aromatic heterocycles. The van der Waals surface area contributed by atoms with Crippen LogP contribution < -0.4 is 4.80 Å². The number of thiazole rings is 1. The van der Waals surface area contributed by atoms with Crippen molar-refractivity contribution in [3.8, 4) is 0 Å². The molecular formula is C18H24N4O6S2. The predicted molar refractivity (Wildman–Crippen MR) is 113 cm³/mol. The van der Waals surface area contributed by atoms with Gasteiger partial charge in [-0.05, 0) is 25.8 Å². The Bertz CT molecular complexity index is 1120. The number of hydrogen-bond acceptors (Lipinski definition) is 7. The van der Waals surface area contributed by atoms with Gasteiger partial charge >= 0.3 is 0 Å². The van der Waals surface area contributed by atoms with Gasteiger partial charge in [-0.1, -0.05) is 11.3 Å². The maximum Gasteiger partial charge on any atom is 0.270 e. The maximum atomic E-state index is 12.8. The van der Waals surface area contributed by atoms with Crippen molar-refractivity contribution in [2.24, 2.45) is 10.9 Å². The standard InChI is InChI=1S/C18H24N4O6S2/c1-3-28-10-9-21-15-7-6-14(22(24)25)11-16(15)29-18(21)19-17(23)13-5-4-8-20(12-13)30(2,26)27/h6-7,11,13H,3-5,8-10,12H2,1-2H3. The first-order valence-corrected chi connectivity index (χ1v) is 12.3. The number of hydrogen-bond donors (Lipinski definition) is 0. The molecular weight excluding hydrogens is 432 g/mol. The SMILES string of the molecule is CCOCCn1c(=NC(=O)C2CCCN(S(C)(=O)=O)C2)sc2cc([N+](=O)[O-])ccc21. The highest BCUT2D eigenvalue weighted by atomic mass is 32.2. The molecule has 0 aliphatic carbocycles. The van der Waals surface area contributed by atoms with E-state index >= 15 is 0 Å². The van der Waals surface area contributed by atoms with Gasteiger partial charge in [-0.2, -0.15) is 4.99 Å². The number of non-ortho nitro benzene ring substituents is 1. The average molecular weight is 457 g/mol. The van der Waals surface area contributed by atoms with Crippen LogP contribution >= 0.6 is 11.3 Å². The van der Waals surface area contributed by atoms with Crippen LogP contribution in [0.25, 0.3) is 10.2 Å². The summed E-state index contributed by atoms with van der Waals surface area (Å²) >= 11 is 1.20. The number of nitrogens with zero attached hydrogens (tertiary/aromatic N) is 4. The zero-order chi connectivity index (χ0) is 21.9. The molecule has 0 spiro atoms. The number of sulfonamides is 1. The Balaban J connectivity index is 1.97. The Morgan fingerprint density at radius 1 is 1.43 bits per heavy atom. The van der Waals surface area contributed by atoms with E-state index in [0.29, 0.717) is 48.6 Å². The van der Waals surface area contributed by atoms with Gasteiger partial charge in [-0.3, -0.25) is 14.9 Å². The summed E-state index contributed by atoms with van der Waals surface area (Å²) in [4.78, 5) is 28.2. The van der Waals surface area contributed by atoms with E-state index in [4.69, 9.17) is 4.74 Å². The molecule has 0 saturated carbocycles. The molecule has 30 heavy (non-hydrogen) atoms. The van der Waals surface area contributed by atoms with Crippen LogP contribution in [0.5, 0.6) is 0 Å². The van der Waals surface area contributed by atoms with Gasteiger partial charge in [0.15, 0.2) is 4.80 Å². The van der Waals surface area contributed by atoms with Crippen LogP contribution in [0.2, 0.25) is 0 Å². The van der Waals surface area contributed by atoms with Crippen molar-refractivity contribution in [2.45, 2.75) is 26.3 Å². The number of carbonyl (C=O) groups excluding carboxylic acids is 1. The van der Waals surface area contributed by atoms with Gasteiger partial charge < -0.3 is 9.30 Å². The fourth-order valence-corrected chi connectivity index (χ4v) is 5.41. The largest absolute Gasteiger partial charge is 0.380 e. The molecule has 1 atom stereocenters. The number of benzene rings is 1. The van der Waals surface area contributed by atoms with Crippen LogP contribution in [-0.4, -0.2) is 60.7 Å². The van der Waals surface area contributed by atoms with Crippen LogP contribution in [-0.2, 0) is 26.1 Å². The van der Waals surface area contributed by atoms with Gasteiger partial charge in [-0.25, -0.2) is 12.7 Å². The second-order valence-corrected chi connectivity index (χ2v) is 10.0. The molecule has 2 heterocycles. The minimum Gasteiger partial charge on any atom is -0.380 e. The lowest BCUT2D eigenvalue weighted by atomic mass is 9.99. The summed E-state index contributed by atoms with van der Waals surface area (Å²) in [6.07, 6.45) is 2.31. The highest BCUT2D eigenvalue weighted by Crippen LogP contribution is 2.24. The Hall–Kier alpha value is -2.15. The van der Waals surface area contributed by atoms with Crippen molar-refractivity contribution in [2.75, 3.05) is 32.6 Å². The number of fused-ring (bicyclic) bond motifs is 1. The van der Waals surface area contributed by atoms with Crippen molar-refractivity contribution >= 4 is 43.2 Å². The first-order chi connectivity index (χ1) is 14.2. The summed E-state index contributed by atoms with van der Waals surface area (Å²) in [6.45, 7) is 3.80. The molecule has 12 heteroatoms. The second kappa shape index (κ2) is 9.33. The minimum absolute atomic E-state index is 0.0327. The predicted octanol–water partition coefficient (Wildman–Crippen LogP) is 1.75. The number of carbonyl (C=O) groups is 1. The molecule has 1 saturated heterocycles. The molecule has 0 N–H and O–H groups in total. The minimum atomic E-state index is -3.37. The van der Waals surface area contributed by atoms with E-state index in [1.807, 2.05) is 11.5 Å². The number of nitro groups is 1. The van der Waals surface area contributed by atoms with Crippen LogP contribution in [0.4, 0.5) is 5.69 Å². The number of nitro benzene ring substituents is 1. The smallest absolute Gasteiger partial charge is 0.270 e. The lowest BCUT2D eigenvalue weighted by Gasteiger charge is -2.28. The molecule has 0 bridgehead atoms. The van der Waals surface area contributed by atoms with E-state index in [2.05, 4.69) is 4.99 Å². The number of ether oxygens (including phenoxy) is 1. The van der Waals surface area contributed by atoms with Gasteiger partial charge in [0.05, 0.1) is 33.9 Å². The second-order valence-electron chi connectivity index (χ2n) is 7.05. The summed E-state index contributed by atoms with van der Waals surface area (Å²) < 4.78 is 32.9. The van der Waals surface area contributed by atoms with Gasteiger partial charge in [0.25, 0.3) is 11.6 Å². The van der Waals surface area contributed by atoms with Crippen molar-refractivity contribution in [1.82, 2.24) is 8.87 Å². The van der Waals surface area contributed by atoms with Crippen LogP contribution in [0.1, 0.15) is 19.8 Å². The van der Waals surface area contributed by atoms with E-state index < -0.39 is 20.9 Å². The molecule has 1 fully saturated rings. The van der Waals surface area contributed by atoms with E-state index in [1.165, 1.54) is 27.8 Å². The summed E-state index contributed by atoms with van der Waals surface area (Å²) in [7, 11) is -3.37. The number of amides is 1. The van der Waals surface area contributed by atoms with E-state index in [9.17, 15) is 23.3 Å². The third kappa shape index (κ3) is 5.12. The maximum absolute atomic E-state index is 12.8. The first kappa shape index (κ1) is 22.5. The Kier molecular flexibility index (Phi) is 7.01. The zero-order valence-corrected chi connectivity index (χ0v) is 18.4.